The molecule has 0 saturated carbocycles. The molecule has 0 fully saturated rings. The number of halogens is 2. The van der Waals surface area contributed by atoms with Gasteiger partial charge in [-0.05, 0) is 49.7 Å². The molecule has 0 atom stereocenters. The van der Waals surface area contributed by atoms with Crippen molar-refractivity contribution in [3.8, 4) is 5.75 Å². The summed E-state index contributed by atoms with van der Waals surface area (Å²) in [5, 5.41) is 19.0. The van der Waals surface area contributed by atoms with E-state index in [-0.39, 0.29) is 21.9 Å². The quantitative estimate of drug-likeness (QED) is 0.143. The number of anilines is 1. The van der Waals surface area contributed by atoms with Crippen LogP contribution in [0.4, 0.5) is 11.4 Å². The number of benzene rings is 3. The molecule has 0 aliphatic carbocycles. The van der Waals surface area contributed by atoms with Gasteiger partial charge in [0, 0.05) is 28.2 Å². The molecule has 3 aromatic carbocycles. The van der Waals surface area contributed by atoms with E-state index in [1.54, 1.807) is 30.3 Å². The third-order valence-electron chi connectivity index (χ3n) is 5.60. The van der Waals surface area contributed by atoms with E-state index in [9.17, 15) is 19.7 Å². The topological polar surface area (TPSA) is 129 Å². The summed E-state index contributed by atoms with van der Waals surface area (Å²) in [6.45, 7) is 3.38. The fourth-order valence-electron chi connectivity index (χ4n) is 3.75. The zero-order chi connectivity index (χ0) is 28.1. The molecule has 4 aromatic rings. The van der Waals surface area contributed by atoms with Gasteiger partial charge in [0.25, 0.3) is 11.5 Å². The first-order valence-electron chi connectivity index (χ1n) is 11.9. The van der Waals surface area contributed by atoms with E-state index in [1.165, 1.54) is 23.0 Å². The zero-order valence-electron chi connectivity index (χ0n) is 21.0. The summed E-state index contributed by atoms with van der Waals surface area (Å²) >= 11 is 9.68. The van der Waals surface area contributed by atoms with Gasteiger partial charge in [-0.2, -0.15) is 9.78 Å². The van der Waals surface area contributed by atoms with E-state index in [0.29, 0.717) is 28.8 Å². The van der Waals surface area contributed by atoms with Crippen LogP contribution in [-0.2, 0) is 11.2 Å². The van der Waals surface area contributed by atoms with Gasteiger partial charge in [-0.15, -0.1) is 0 Å². The van der Waals surface area contributed by atoms with E-state index in [4.69, 9.17) is 16.3 Å². The van der Waals surface area contributed by atoms with Crippen LogP contribution in [0, 0.1) is 17.0 Å². The predicted molar refractivity (Wildman–Crippen MR) is 154 cm³/mol. The minimum atomic E-state index is -0.666. The summed E-state index contributed by atoms with van der Waals surface area (Å²) in [7, 11) is 0. The molecule has 1 N–H and O–H groups in total. The smallest absolute Gasteiger partial charge is 0.313 e. The van der Waals surface area contributed by atoms with E-state index < -0.39 is 23.1 Å². The monoisotopic (exact) mass is 611 g/mol. The highest BCUT2D eigenvalue weighted by atomic mass is 79.9. The van der Waals surface area contributed by atoms with E-state index >= 15 is 0 Å². The maximum atomic E-state index is 13.2. The molecule has 1 aromatic heterocycles. The molecule has 0 aliphatic rings. The summed E-state index contributed by atoms with van der Waals surface area (Å²) in [5.74, 6) is -0.305. The van der Waals surface area contributed by atoms with E-state index in [1.807, 2.05) is 26.0 Å². The molecule has 0 aliphatic heterocycles. The van der Waals surface area contributed by atoms with Gasteiger partial charge in [-0.25, -0.2) is 4.98 Å². The largest absolute Gasteiger partial charge is 0.476 e. The highest BCUT2D eigenvalue weighted by Gasteiger charge is 2.22. The minimum Gasteiger partial charge on any atom is -0.476 e. The number of amides is 1. The van der Waals surface area contributed by atoms with Crippen LogP contribution in [0.15, 0.2) is 69.0 Å². The van der Waals surface area contributed by atoms with Crippen LogP contribution in [0.5, 0.6) is 5.75 Å². The first kappa shape index (κ1) is 27.9. The lowest BCUT2D eigenvalue weighted by Crippen LogP contribution is -2.22. The summed E-state index contributed by atoms with van der Waals surface area (Å²) in [4.78, 5) is 41.2. The molecule has 200 valence electrons. The predicted octanol–water partition coefficient (Wildman–Crippen LogP) is 5.88. The molecule has 1 heterocycles. The Hall–Kier alpha value is -4.09. The van der Waals surface area contributed by atoms with Crippen LogP contribution < -0.4 is 15.6 Å². The number of rotatable bonds is 9. The number of nitrogens with zero attached hydrogens (tertiary/aromatic N) is 4. The molecular weight excluding hydrogens is 590 g/mol. The van der Waals surface area contributed by atoms with Gasteiger partial charge in [0.15, 0.2) is 6.61 Å². The fourth-order valence-corrected chi connectivity index (χ4v) is 4.39. The number of nitro benzene ring substituents is 1. The van der Waals surface area contributed by atoms with Crippen molar-refractivity contribution in [2.24, 2.45) is 5.10 Å². The second kappa shape index (κ2) is 12.2. The van der Waals surface area contributed by atoms with Crippen LogP contribution in [0.2, 0.25) is 5.02 Å². The van der Waals surface area contributed by atoms with Crippen molar-refractivity contribution in [2.45, 2.75) is 26.7 Å². The summed E-state index contributed by atoms with van der Waals surface area (Å²) < 4.78 is 7.33. The van der Waals surface area contributed by atoms with Crippen molar-refractivity contribution >= 4 is 61.9 Å². The van der Waals surface area contributed by atoms with Gasteiger partial charge in [0.05, 0.1) is 27.1 Å². The molecule has 0 unspecified atom stereocenters. The number of nitrogens with one attached hydrogen (secondary N) is 1. The van der Waals surface area contributed by atoms with Crippen molar-refractivity contribution in [2.75, 3.05) is 11.9 Å². The molecule has 10 nitrogen and oxygen atoms in total. The summed E-state index contributed by atoms with van der Waals surface area (Å²) in [5.41, 5.74) is 1.58. The van der Waals surface area contributed by atoms with Crippen molar-refractivity contribution in [3.63, 3.8) is 0 Å². The lowest BCUT2D eigenvalue weighted by Gasteiger charge is -2.11. The van der Waals surface area contributed by atoms with Gasteiger partial charge >= 0.3 is 5.69 Å². The standard InChI is InChI=1S/C27H23BrClN5O5/c1-3-4-24-32-22-10-7-18(28)13-20(22)27(36)33(24)30-14-17-11-21(29)26(23(12-17)34(37)38)39-15-25(35)31-19-8-5-16(2)6-9-19/h5-14H,3-4,15H2,1-2H3,(H,31,35). The summed E-state index contributed by atoms with van der Waals surface area (Å²) in [6.07, 6.45) is 2.51. The lowest BCUT2D eigenvalue weighted by molar-refractivity contribution is -0.385. The second-order valence-corrected chi connectivity index (χ2v) is 9.93. The number of ether oxygens (including phenoxy) is 1. The Kier molecular flexibility index (Phi) is 8.72. The van der Waals surface area contributed by atoms with Gasteiger partial charge < -0.3 is 10.1 Å². The van der Waals surface area contributed by atoms with E-state index in [2.05, 4.69) is 31.3 Å². The molecule has 4 rings (SSSR count). The molecular formula is C27H23BrClN5O5. The molecule has 0 bridgehead atoms. The van der Waals surface area contributed by atoms with Crippen molar-refractivity contribution < 1.29 is 14.5 Å². The van der Waals surface area contributed by atoms with Gasteiger partial charge in [0.2, 0.25) is 5.75 Å². The van der Waals surface area contributed by atoms with Crippen LogP contribution in [0.3, 0.4) is 0 Å². The fraction of sp³-hybridized carbons (Fsp3) is 0.185. The molecule has 12 heteroatoms. The third-order valence-corrected chi connectivity index (χ3v) is 6.37. The normalized spacial score (nSPS) is 11.2. The van der Waals surface area contributed by atoms with Crippen molar-refractivity contribution in [1.29, 1.82) is 0 Å². The number of aromatic nitrogens is 2. The second-order valence-electron chi connectivity index (χ2n) is 8.61. The molecule has 0 radical (unpaired) electrons. The Bertz CT molecular complexity index is 1650. The maximum absolute atomic E-state index is 13.2. The van der Waals surface area contributed by atoms with Gasteiger partial charge in [-0.3, -0.25) is 19.7 Å². The first-order chi connectivity index (χ1) is 18.7. The highest BCUT2D eigenvalue weighted by Crippen LogP contribution is 2.36. The molecule has 1 amide bonds. The number of hydrogen-bond acceptors (Lipinski definition) is 7. The Morgan fingerprint density at radius 1 is 1.23 bits per heavy atom. The maximum Gasteiger partial charge on any atom is 0.313 e. The van der Waals surface area contributed by atoms with E-state index in [0.717, 1.165) is 16.5 Å². The number of aryl methyl sites for hydroxylation is 2. The van der Waals surface area contributed by atoms with Gasteiger partial charge in [-0.1, -0.05) is 52.2 Å². The lowest BCUT2D eigenvalue weighted by atomic mass is 10.2. The van der Waals surface area contributed by atoms with Crippen LogP contribution in [0.25, 0.3) is 10.9 Å². The molecule has 0 spiro atoms. The van der Waals surface area contributed by atoms with Crippen LogP contribution in [0.1, 0.15) is 30.3 Å². The Morgan fingerprint density at radius 3 is 2.67 bits per heavy atom. The first-order valence-corrected chi connectivity index (χ1v) is 13.1. The molecule has 39 heavy (non-hydrogen) atoms. The average molecular weight is 613 g/mol. The number of hydrogen-bond donors (Lipinski definition) is 1. The Morgan fingerprint density at radius 2 is 1.97 bits per heavy atom. The van der Waals surface area contributed by atoms with Crippen LogP contribution >= 0.6 is 27.5 Å². The van der Waals surface area contributed by atoms with Crippen LogP contribution in [-0.4, -0.2) is 33.3 Å². The number of carbonyl (C=O) groups excluding carboxylic acids is 1. The average Bonchev–Trinajstić information content (AvgIpc) is 2.89. The number of nitro groups is 1. The highest BCUT2D eigenvalue weighted by molar-refractivity contribution is 9.10. The van der Waals surface area contributed by atoms with Crippen molar-refractivity contribution in [1.82, 2.24) is 9.66 Å². The number of carbonyl (C=O) groups is 1. The minimum absolute atomic E-state index is 0.0875. The SMILES string of the molecule is CCCc1nc2ccc(Br)cc2c(=O)n1N=Cc1cc(Cl)c(OCC(=O)Nc2ccc(C)cc2)c([N+](=O)[O-])c1. The third kappa shape index (κ3) is 6.68. The van der Waals surface area contributed by atoms with Gasteiger partial charge in [0.1, 0.15) is 5.82 Å². The Balaban J connectivity index is 1.61. The summed E-state index contributed by atoms with van der Waals surface area (Å²) in [6, 6.07) is 15.0. The Labute approximate surface area is 236 Å². The van der Waals surface area contributed by atoms with Crippen molar-refractivity contribution in [3.05, 3.63) is 102 Å². The number of fused-ring (bicyclic) bond motifs is 1. The zero-order valence-corrected chi connectivity index (χ0v) is 23.3. The molecule has 0 saturated heterocycles.